The Morgan fingerprint density at radius 3 is 2.68 bits per heavy atom. The van der Waals surface area contributed by atoms with Crippen molar-refractivity contribution in [2.24, 2.45) is 0 Å². The van der Waals surface area contributed by atoms with Gasteiger partial charge in [0.25, 0.3) is 5.69 Å². The molecule has 0 bridgehead atoms. The Labute approximate surface area is 128 Å². The van der Waals surface area contributed by atoms with Gasteiger partial charge in [-0.15, -0.1) is 0 Å². The standard InChI is InChI=1S/C15H14N2O4S/c1-12(22(20,21)15-7-2-3-10-16-15)8-9-13-5-4-6-14(11-13)17(18)19/h2-8,10-11H,9H2,1H3. The molecule has 0 N–H and O–H groups in total. The zero-order chi connectivity index (χ0) is 16.2. The largest absolute Gasteiger partial charge is 0.269 e. The van der Waals surface area contributed by atoms with Crippen LogP contribution < -0.4 is 0 Å². The topological polar surface area (TPSA) is 90.2 Å². The molecule has 7 heteroatoms. The third-order valence-electron chi connectivity index (χ3n) is 3.08. The summed E-state index contributed by atoms with van der Waals surface area (Å²) in [4.78, 5) is 14.3. The average Bonchev–Trinajstić information content (AvgIpc) is 2.53. The summed E-state index contributed by atoms with van der Waals surface area (Å²) in [6, 6.07) is 10.8. The number of pyridine rings is 1. The lowest BCUT2D eigenvalue weighted by atomic mass is 10.1. The second-order valence-electron chi connectivity index (χ2n) is 4.62. The van der Waals surface area contributed by atoms with Gasteiger partial charge in [-0.2, -0.15) is 0 Å². The van der Waals surface area contributed by atoms with Gasteiger partial charge in [-0.05, 0) is 31.0 Å². The molecule has 1 heterocycles. The number of allylic oxidation sites excluding steroid dienone is 2. The van der Waals surface area contributed by atoms with Crippen molar-refractivity contribution < 1.29 is 13.3 Å². The number of sulfone groups is 1. The first-order valence-corrected chi connectivity index (χ1v) is 7.96. The van der Waals surface area contributed by atoms with Crippen LogP contribution >= 0.6 is 0 Å². The lowest BCUT2D eigenvalue weighted by molar-refractivity contribution is -0.384. The Kier molecular flexibility index (Phi) is 4.67. The van der Waals surface area contributed by atoms with Gasteiger partial charge in [0, 0.05) is 23.2 Å². The van der Waals surface area contributed by atoms with Gasteiger partial charge in [-0.1, -0.05) is 24.3 Å². The van der Waals surface area contributed by atoms with E-state index in [1.807, 2.05) is 0 Å². The molecular formula is C15H14N2O4S. The van der Waals surface area contributed by atoms with E-state index in [9.17, 15) is 18.5 Å². The van der Waals surface area contributed by atoms with E-state index < -0.39 is 14.8 Å². The maximum Gasteiger partial charge on any atom is 0.269 e. The van der Waals surface area contributed by atoms with E-state index in [0.29, 0.717) is 12.0 Å². The maximum absolute atomic E-state index is 12.3. The molecule has 0 aliphatic rings. The number of nitro benzene ring substituents is 1. The number of benzene rings is 1. The minimum Gasteiger partial charge on any atom is -0.258 e. The molecule has 0 aliphatic heterocycles. The minimum atomic E-state index is -3.62. The summed E-state index contributed by atoms with van der Waals surface area (Å²) < 4.78 is 24.6. The predicted octanol–water partition coefficient (Wildman–Crippen LogP) is 2.91. The average molecular weight is 318 g/mol. The Morgan fingerprint density at radius 2 is 2.05 bits per heavy atom. The summed E-state index contributed by atoms with van der Waals surface area (Å²) in [5, 5.41) is 10.7. The van der Waals surface area contributed by atoms with Crippen molar-refractivity contribution in [2.75, 3.05) is 0 Å². The summed E-state index contributed by atoms with van der Waals surface area (Å²) in [7, 11) is -3.62. The zero-order valence-electron chi connectivity index (χ0n) is 11.8. The van der Waals surface area contributed by atoms with E-state index in [1.165, 1.54) is 37.4 Å². The van der Waals surface area contributed by atoms with Crippen molar-refractivity contribution in [3.63, 3.8) is 0 Å². The molecule has 0 saturated heterocycles. The Bertz CT molecular complexity index is 814. The van der Waals surface area contributed by atoms with Gasteiger partial charge in [-0.3, -0.25) is 10.1 Å². The number of aromatic nitrogens is 1. The summed E-state index contributed by atoms with van der Waals surface area (Å²) >= 11 is 0. The molecule has 2 rings (SSSR count). The number of rotatable bonds is 5. The summed E-state index contributed by atoms with van der Waals surface area (Å²) in [5.41, 5.74) is 0.654. The highest BCUT2D eigenvalue weighted by Gasteiger charge is 2.17. The first-order chi connectivity index (χ1) is 10.4. The molecule has 1 aromatic carbocycles. The highest BCUT2D eigenvalue weighted by atomic mass is 32.2. The summed E-state index contributed by atoms with van der Waals surface area (Å²) in [6.45, 7) is 1.49. The molecule has 0 fully saturated rings. The van der Waals surface area contributed by atoms with Gasteiger partial charge < -0.3 is 0 Å². The van der Waals surface area contributed by atoms with Crippen LogP contribution in [0.5, 0.6) is 0 Å². The summed E-state index contributed by atoms with van der Waals surface area (Å²) in [5.74, 6) is 0. The van der Waals surface area contributed by atoms with E-state index in [0.717, 1.165) is 0 Å². The molecule has 0 spiro atoms. The van der Waals surface area contributed by atoms with Crippen LogP contribution in [0.2, 0.25) is 0 Å². The van der Waals surface area contributed by atoms with Crippen LogP contribution in [-0.4, -0.2) is 18.3 Å². The molecule has 0 radical (unpaired) electrons. The maximum atomic E-state index is 12.3. The lowest BCUT2D eigenvalue weighted by Gasteiger charge is -2.04. The van der Waals surface area contributed by atoms with Gasteiger partial charge in [-0.25, -0.2) is 13.4 Å². The molecule has 2 aromatic rings. The van der Waals surface area contributed by atoms with Gasteiger partial charge in [0.2, 0.25) is 9.84 Å². The Hall–Kier alpha value is -2.54. The molecule has 0 aliphatic carbocycles. The monoisotopic (exact) mass is 318 g/mol. The number of non-ortho nitro benzene ring substituents is 1. The van der Waals surface area contributed by atoms with Gasteiger partial charge in [0.05, 0.1) is 4.92 Å². The Balaban J connectivity index is 2.23. The molecule has 0 atom stereocenters. The SMILES string of the molecule is CC(=CCc1cccc([N+](=O)[O-])c1)S(=O)(=O)c1ccccn1. The molecule has 0 unspecified atom stereocenters. The minimum absolute atomic E-state index is 0.0113. The fourth-order valence-corrected chi connectivity index (χ4v) is 2.93. The molecule has 0 amide bonds. The fourth-order valence-electron chi connectivity index (χ4n) is 1.84. The van der Waals surface area contributed by atoms with Crippen molar-refractivity contribution in [3.8, 4) is 0 Å². The van der Waals surface area contributed by atoms with E-state index in [2.05, 4.69) is 4.98 Å². The van der Waals surface area contributed by atoms with Crippen molar-refractivity contribution in [1.82, 2.24) is 4.98 Å². The second kappa shape index (κ2) is 6.48. The van der Waals surface area contributed by atoms with E-state index in [4.69, 9.17) is 0 Å². The van der Waals surface area contributed by atoms with Crippen LogP contribution in [0.25, 0.3) is 0 Å². The van der Waals surface area contributed by atoms with Crippen LogP contribution in [0.4, 0.5) is 5.69 Å². The van der Waals surface area contributed by atoms with E-state index in [-0.39, 0.29) is 15.6 Å². The highest BCUT2D eigenvalue weighted by molar-refractivity contribution is 7.95. The summed E-state index contributed by atoms with van der Waals surface area (Å²) in [6.07, 6.45) is 3.24. The van der Waals surface area contributed by atoms with Crippen LogP contribution in [0.3, 0.4) is 0 Å². The Morgan fingerprint density at radius 1 is 1.27 bits per heavy atom. The molecular weight excluding hydrogens is 304 g/mol. The van der Waals surface area contributed by atoms with Crippen molar-refractivity contribution in [1.29, 1.82) is 0 Å². The van der Waals surface area contributed by atoms with Crippen molar-refractivity contribution >= 4 is 15.5 Å². The highest BCUT2D eigenvalue weighted by Crippen LogP contribution is 2.18. The van der Waals surface area contributed by atoms with Crippen molar-refractivity contribution in [3.05, 3.63) is 75.3 Å². The smallest absolute Gasteiger partial charge is 0.258 e. The first-order valence-electron chi connectivity index (χ1n) is 6.47. The van der Waals surface area contributed by atoms with E-state index in [1.54, 1.807) is 24.3 Å². The second-order valence-corrected chi connectivity index (χ2v) is 6.69. The third kappa shape index (κ3) is 3.56. The zero-order valence-corrected chi connectivity index (χ0v) is 12.7. The fraction of sp³-hybridized carbons (Fsp3) is 0.133. The van der Waals surface area contributed by atoms with Crippen LogP contribution in [-0.2, 0) is 16.3 Å². The molecule has 114 valence electrons. The number of hydrogen-bond acceptors (Lipinski definition) is 5. The van der Waals surface area contributed by atoms with Crippen LogP contribution in [0.15, 0.2) is 64.7 Å². The predicted molar refractivity (Wildman–Crippen MR) is 82.0 cm³/mol. The normalized spacial score (nSPS) is 12.1. The molecule has 22 heavy (non-hydrogen) atoms. The van der Waals surface area contributed by atoms with Crippen LogP contribution in [0, 0.1) is 10.1 Å². The van der Waals surface area contributed by atoms with Crippen molar-refractivity contribution in [2.45, 2.75) is 18.4 Å². The molecule has 6 nitrogen and oxygen atoms in total. The van der Waals surface area contributed by atoms with E-state index >= 15 is 0 Å². The van der Waals surface area contributed by atoms with Gasteiger partial charge in [0.15, 0.2) is 5.03 Å². The molecule has 0 saturated carbocycles. The number of nitro groups is 1. The number of hydrogen-bond donors (Lipinski definition) is 0. The quantitative estimate of drug-likeness (QED) is 0.624. The third-order valence-corrected chi connectivity index (χ3v) is 4.89. The van der Waals surface area contributed by atoms with Crippen LogP contribution in [0.1, 0.15) is 12.5 Å². The number of nitrogens with zero attached hydrogens (tertiary/aromatic N) is 2. The van der Waals surface area contributed by atoms with Gasteiger partial charge in [0.1, 0.15) is 0 Å². The first kappa shape index (κ1) is 15.8. The van der Waals surface area contributed by atoms with Gasteiger partial charge >= 0.3 is 0 Å². The lowest BCUT2D eigenvalue weighted by Crippen LogP contribution is -2.04. The molecule has 1 aromatic heterocycles.